The molecular weight excluding hydrogens is 324 g/mol. The average Bonchev–Trinajstić information content (AvgIpc) is 2.41. The predicted molar refractivity (Wildman–Crippen MR) is 80.5 cm³/mol. The fraction of sp³-hybridized carbons (Fsp3) is 0.250. The molecule has 2 rings (SSSR count). The Labute approximate surface area is 126 Å². The first kappa shape index (κ1) is 15.1. The first-order valence-corrected chi connectivity index (χ1v) is 7.23. The van der Waals surface area contributed by atoms with E-state index in [1.807, 2.05) is 19.9 Å². The summed E-state index contributed by atoms with van der Waals surface area (Å²) in [4.78, 5) is 0. The summed E-state index contributed by atoms with van der Waals surface area (Å²) < 4.78 is 26.9. The highest BCUT2D eigenvalue weighted by atomic mass is 79.9. The van der Waals surface area contributed by atoms with Gasteiger partial charge in [0, 0.05) is 12.1 Å². The van der Waals surface area contributed by atoms with Crippen molar-refractivity contribution in [2.75, 3.05) is 0 Å². The molecule has 0 aliphatic carbocycles. The molecule has 0 aliphatic rings. The van der Waals surface area contributed by atoms with Crippen LogP contribution in [-0.4, -0.2) is 0 Å². The quantitative estimate of drug-likeness (QED) is 0.813. The van der Waals surface area contributed by atoms with Gasteiger partial charge in [0.1, 0.15) is 11.6 Å². The Balaban J connectivity index is 2.10. The van der Waals surface area contributed by atoms with Crippen molar-refractivity contribution in [1.82, 2.24) is 5.32 Å². The fourth-order valence-corrected chi connectivity index (χ4v) is 2.52. The van der Waals surface area contributed by atoms with Gasteiger partial charge in [-0.15, -0.1) is 0 Å². The van der Waals surface area contributed by atoms with E-state index in [0.29, 0.717) is 4.47 Å². The lowest BCUT2D eigenvalue weighted by Crippen LogP contribution is -2.22. The SMILES string of the molecule is CC(NC(C)c1ccc(F)c(Br)c1)c1cccc(F)c1. The zero-order chi connectivity index (χ0) is 14.7. The summed E-state index contributed by atoms with van der Waals surface area (Å²) in [6, 6.07) is 11.5. The minimum absolute atomic E-state index is 0.00419. The molecule has 0 amide bonds. The molecule has 2 aromatic rings. The van der Waals surface area contributed by atoms with Crippen LogP contribution in [0, 0.1) is 11.6 Å². The van der Waals surface area contributed by atoms with E-state index in [-0.39, 0.29) is 23.7 Å². The minimum Gasteiger partial charge on any atom is -0.304 e. The zero-order valence-corrected chi connectivity index (χ0v) is 12.9. The van der Waals surface area contributed by atoms with Crippen LogP contribution in [0.1, 0.15) is 37.1 Å². The van der Waals surface area contributed by atoms with E-state index in [1.54, 1.807) is 18.2 Å². The second-order valence-electron chi connectivity index (χ2n) is 4.84. The Hall–Kier alpha value is -1.26. The van der Waals surface area contributed by atoms with Crippen molar-refractivity contribution in [2.24, 2.45) is 0 Å². The van der Waals surface area contributed by atoms with Crippen molar-refractivity contribution in [3.8, 4) is 0 Å². The lowest BCUT2D eigenvalue weighted by atomic mass is 10.0. The highest BCUT2D eigenvalue weighted by Crippen LogP contribution is 2.24. The molecule has 0 aliphatic heterocycles. The van der Waals surface area contributed by atoms with Gasteiger partial charge in [0.25, 0.3) is 0 Å². The lowest BCUT2D eigenvalue weighted by molar-refractivity contribution is 0.491. The van der Waals surface area contributed by atoms with Crippen molar-refractivity contribution in [3.63, 3.8) is 0 Å². The first-order valence-electron chi connectivity index (χ1n) is 6.44. The number of hydrogen-bond acceptors (Lipinski definition) is 1. The third-order valence-electron chi connectivity index (χ3n) is 3.29. The third-order valence-corrected chi connectivity index (χ3v) is 3.90. The van der Waals surface area contributed by atoms with Crippen molar-refractivity contribution >= 4 is 15.9 Å². The van der Waals surface area contributed by atoms with Crippen molar-refractivity contribution in [2.45, 2.75) is 25.9 Å². The zero-order valence-electron chi connectivity index (χ0n) is 11.3. The number of rotatable bonds is 4. The summed E-state index contributed by atoms with van der Waals surface area (Å²) in [5, 5.41) is 3.38. The van der Waals surface area contributed by atoms with Crippen molar-refractivity contribution in [1.29, 1.82) is 0 Å². The van der Waals surface area contributed by atoms with E-state index >= 15 is 0 Å². The first-order chi connectivity index (χ1) is 9.47. The number of nitrogens with one attached hydrogen (secondary N) is 1. The molecule has 106 valence electrons. The summed E-state index contributed by atoms with van der Waals surface area (Å²) >= 11 is 3.18. The molecule has 0 saturated carbocycles. The lowest BCUT2D eigenvalue weighted by Gasteiger charge is -2.21. The second kappa shape index (κ2) is 6.46. The maximum absolute atomic E-state index is 13.2. The van der Waals surface area contributed by atoms with Gasteiger partial charge in [0.15, 0.2) is 0 Å². The van der Waals surface area contributed by atoms with Gasteiger partial charge in [-0.25, -0.2) is 8.78 Å². The van der Waals surface area contributed by atoms with Gasteiger partial charge in [-0.1, -0.05) is 18.2 Å². The molecule has 2 atom stereocenters. The normalized spacial score (nSPS) is 14.1. The Morgan fingerprint density at radius 2 is 1.60 bits per heavy atom. The molecule has 2 aromatic carbocycles. The van der Waals surface area contributed by atoms with Gasteiger partial charge in [-0.05, 0) is 65.2 Å². The van der Waals surface area contributed by atoms with Crippen molar-refractivity contribution < 1.29 is 8.78 Å². The van der Waals surface area contributed by atoms with E-state index in [9.17, 15) is 8.78 Å². The van der Waals surface area contributed by atoms with Crippen LogP contribution in [0.2, 0.25) is 0 Å². The molecule has 2 unspecified atom stereocenters. The molecule has 20 heavy (non-hydrogen) atoms. The maximum atomic E-state index is 13.2. The molecule has 0 heterocycles. The van der Waals surface area contributed by atoms with E-state index in [0.717, 1.165) is 11.1 Å². The average molecular weight is 340 g/mol. The molecule has 0 radical (unpaired) electrons. The van der Waals surface area contributed by atoms with Crippen LogP contribution in [0.25, 0.3) is 0 Å². The number of hydrogen-bond donors (Lipinski definition) is 1. The molecule has 1 nitrogen and oxygen atoms in total. The number of halogens is 3. The van der Waals surface area contributed by atoms with E-state index in [4.69, 9.17) is 0 Å². The topological polar surface area (TPSA) is 12.0 Å². The molecule has 0 aromatic heterocycles. The van der Waals surface area contributed by atoms with Crippen LogP contribution >= 0.6 is 15.9 Å². The standard InChI is InChI=1S/C16H16BrF2N/c1-10(12-4-3-5-14(18)8-12)20-11(2)13-6-7-16(19)15(17)9-13/h3-11,20H,1-2H3. The van der Waals surface area contributed by atoms with Gasteiger partial charge in [-0.3, -0.25) is 0 Å². The molecule has 0 fully saturated rings. The van der Waals surface area contributed by atoms with Crippen LogP contribution in [0.3, 0.4) is 0 Å². The maximum Gasteiger partial charge on any atom is 0.137 e. The van der Waals surface area contributed by atoms with Gasteiger partial charge in [0.2, 0.25) is 0 Å². The molecule has 1 N–H and O–H groups in total. The Bertz CT molecular complexity index is 601. The summed E-state index contributed by atoms with van der Waals surface area (Å²) in [5.41, 5.74) is 1.86. The van der Waals surface area contributed by atoms with Crippen LogP contribution in [0.15, 0.2) is 46.9 Å². The molecule has 4 heteroatoms. The summed E-state index contributed by atoms with van der Waals surface area (Å²) in [6.45, 7) is 3.97. The highest BCUT2D eigenvalue weighted by molar-refractivity contribution is 9.10. The Morgan fingerprint density at radius 3 is 2.20 bits per heavy atom. The van der Waals surface area contributed by atoms with E-state index < -0.39 is 0 Å². The summed E-state index contributed by atoms with van der Waals surface area (Å²) in [6.07, 6.45) is 0. The second-order valence-corrected chi connectivity index (χ2v) is 5.69. The largest absolute Gasteiger partial charge is 0.304 e. The summed E-state index contributed by atoms with van der Waals surface area (Å²) in [5.74, 6) is -0.521. The molecule has 0 saturated heterocycles. The summed E-state index contributed by atoms with van der Waals surface area (Å²) in [7, 11) is 0. The monoisotopic (exact) mass is 339 g/mol. The van der Waals surface area contributed by atoms with Crippen LogP contribution < -0.4 is 5.32 Å². The highest BCUT2D eigenvalue weighted by Gasteiger charge is 2.12. The minimum atomic E-state index is -0.279. The van der Waals surface area contributed by atoms with Gasteiger partial charge in [0.05, 0.1) is 4.47 Å². The van der Waals surface area contributed by atoms with Gasteiger partial charge in [-0.2, -0.15) is 0 Å². The van der Waals surface area contributed by atoms with Crippen LogP contribution in [0.5, 0.6) is 0 Å². The van der Waals surface area contributed by atoms with Crippen molar-refractivity contribution in [3.05, 3.63) is 69.7 Å². The van der Waals surface area contributed by atoms with Gasteiger partial charge < -0.3 is 5.32 Å². The Kier molecular flexibility index (Phi) is 4.89. The molecular formula is C16H16BrF2N. The van der Waals surface area contributed by atoms with Crippen LogP contribution in [0.4, 0.5) is 8.78 Å². The number of benzene rings is 2. The van der Waals surface area contributed by atoms with Gasteiger partial charge >= 0.3 is 0 Å². The third kappa shape index (κ3) is 3.64. The smallest absolute Gasteiger partial charge is 0.137 e. The Morgan fingerprint density at radius 1 is 0.950 bits per heavy atom. The molecule has 0 bridgehead atoms. The van der Waals surface area contributed by atoms with Crippen LogP contribution in [-0.2, 0) is 0 Å². The van der Waals surface area contributed by atoms with E-state index in [2.05, 4.69) is 21.2 Å². The predicted octanol–water partition coefficient (Wildman–Crippen LogP) is 5.14. The molecule has 0 spiro atoms. The van der Waals surface area contributed by atoms with E-state index in [1.165, 1.54) is 18.2 Å². The fourth-order valence-electron chi connectivity index (χ4n) is 2.13.